The van der Waals surface area contributed by atoms with Gasteiger partial charge in [-0.25, -0.2) is 4.98 Å². The highest BCUT2D eigenvalue weighted by Gasteiger charge is 2.17. The summed E-state index contributed by atoms with van der Waals surface area (Å²) in [5.41, 5.74) is 3.11. The summed E-state index contributed by atoms with van der Waals surface area (Å²) < 4.78 is 1.09. The van der Waals surface area contributed by atoms with Crippen LogP contribution in [0.4, 0.5) is 0 Å². The molecule has 0 bridgehead atoms. The lowest BCUT2D eigenvalue weighted by atomic mass is 10.1. The van der Waals surface area contributed by atoms with Crippen molar-refractivity contribution < 1.29 is 5.21 Å². The number of rotatable bonds is 2. The Morgan fingerprint density at radius 2 is 1.65 bits per heavy atom. The maximum absolute atomic E-state index is 10.3. The molecule has 0 radical (unpaired) electrons. The van der Waals surface area contributed by atoms with Crippen molar-refractivity contribution in [1.29, 1.82) is 0 Å². The van der Waals surface area contributed by atoms with Crippen molar-refractivity contribution in [3.05, 3.63) is 65.3 Å². The molecule has 1 aromatic heterocycles. The van der Waals surface area contributed by atoms with Gasteiger partial charge >= 0.3 is 0 Å². The topological polar surface area (TPSA) is 38.0 Å². The molecule has 0 aliphatic rings. The minimum absolute atomic E-state index is 0.451. The molecule has 0 spiro atoms. The first kappa shape index (κ1) is 12.8. The Bertz CT molecular complexity index is 750. The maximum Gasteiger partial charge on any atom is 0.177 e. The van der Waals surface area contributed by atoms with Crippen LogP contribution in [0.3, 0.4) is 0 Å². The lowest BCUT2D eigenvalue weighted by Crippen LogP contribution is -1.96. The van der Waals surface area contributed by atoms with E-state index < -0.39 is 0 Å². The van der Waals surface area contributed by atoms with E-state index in [4.69, 9.17) is 11.6 Å². The number of nitrogens with zero attached hydrogens (tertiary/aromatic N) is 2. The van der Waals surface area contributed by atoms with Gasteiger partial charge < -0.3 is 5.21 Å². The fraction of sp³-hybridized carbons (Fsp3) is 0.0625. The van der Waals surface area contributed by atoms with Gasteiger partial charge in [-0.05, 0) is 19.1 Å². The molecule has 0 aliphatic heterocycles. The molecule has 0 amide bonds. The predicted molar refractivity (Wildman–Crippen MR) is 80.0 cm³/mol. The zero-order valence-corrected chi connectivity index (χ0v) is 11.7. The zero-order valence-electron chi connectivity index (χ0n) is 10.9. The molecule has 0 atom stereocenters. The van der Waals surface area contributed by atoms with Gasteiger partial charge in [0.05, 0.1) is 16.4 Å². The fourth-order valence-electron chi connectivity index (χ4n) is 2.18. The van der Waals surface area contributed by atoms with Crippen LogP contribution >= 0.6 is 11.6 Å². The van der Waals surface area contributed by atoms with E-state index in [-0.39, 0.29) is 0 Å². The van der Waals surface area contributed by atoms with E-state index in [0.29, 0.717) is 22.1 Å². The highest BCUT2D eigenvalue weighted by Crippen LogP contribution is 2.31. The maximum atomic E-state index is 10.3. The number of benzene rings is 2. The van der Waals surface area contributed by atoms with Crippen molar-refractivity contribution in [3.63, 3.8) is 0 Å². The van der Waals surface area contributed by atoms with Gasteiger partial charge in [-0.15, -0.1) is 0 Å². The average Bonchev–Trinajstić information content (AvgIpc) is 2.77. The van der Waals surface area contributed by atoms with Gasteiger partial charge in [-0.3, -0.25) is 0 Å². The molecule has 3 aromatic rings. The lowest BCUT2D eigenvalue weighted by Gasteiger charge is -2.03. The van der Waals surface area contributed by atoms with E-state index in [2.05, 4.69) is 4.98 Å². The minimum Gasteiger partial charge on any atom is -0.427 e. The van der Waals surface area contributed by atoms with Crippen LogP contribution in [0, 0.1) is 6.92 Å². The second kappa shape index (κ2) is 5.02. The quantitative estimate of drug-likeness (QED) is 0.708. The van der Waals surface area contributed by atoms with Gasteiger partial charge in [0.2, 0.25) is 0 Å². The molecule has 1 N–H and O–H groups in total. The first-order chi connectivity index (χ1) is 9.68. The van der Waals surface area contributed by atoms with Gasteiger partial charge in [0, 0.05) is 11.1 Å². The van der Waals surface area contributed by atoms with Gasteiger partial charge in [0.1, 0.15) is 0 Å². The van der Waals surface area contributed by atoms with E-state index in [1.54, 1.807) is 6.07 Å². The number of imidazole rings is 1. The van der Waals surface area contributed by atoms with Crippen molar-refractivity contribution >= 4 is 11.6 Å². The van der Waals surface area contributed by atoms with Crippen LogP contribution < -0.4 is 0 Å². The van der Waals surface area contributed by atoms with E-state index in [0.717, 1.165) is 16.0 Å². The summed E-state index contributed by atoms with van der Waals surface area (Å²) in [6, 6.07) is 17.1. The standard InChI is InChI=1S/C16H13ClN2O/c1-11-15(12-7-3-2-4-8-12)18-16(19(11)20)13-9-5-6-10-14(13)17/h2-10,20H,1H3. The lowest BCUT2D eigenvalue weighted by molar-refractivity contribution is 0.185. The summed E-state index contributed by atoms with van der Waals surface area (Å²) in [7, 11) is 0. The summed E-state index contributed by atoms with van der Waals surface area (Å²) in [5.74, 6) is 0.451. The van der Waals surface area contributed by atoms with E-state index in [1.807, 2.05) is 55.5 Å². The van der Waals surface area contributed by atoms with Crippen molar-refractivity contribution in [2.75, 3.05) is 0 Å². The van der Waals surface area contributed by atoms with Crippen LogP contribution in [0.15, 0.2) is 54.6 Å². The summed E-state index contributed by atoms with van der Waals surface area (Å²) >= 11 is 6.17. The molecule has 0 saturated carbocycles. The summed E-state index contributed by atoms with van der Waals surface area (Å²) in [4.78, 5) is 4.54. The molecular formula is C16H13ClN2O. The van der Waals surface area contributed by atoms with E-state index in [1.165, 1.54) is 0 Å². The normalized spacial score (nSPS) is 10.7. The number of aromatic nitrogens is 2. The monoisotopic (exact) mass is 284 g/mol. The molecular weight excluding hydrogens is 272 g/mol. The van der Waals surface area contributed by atoms with Crippen LogP contribution in [0.5, 0.6) is 0 Å². The molecule has 3 nitrogen and oxygen atoms in total. The first-order valence-electron chi connectivity index (χ1n) is 6.27. The third kappa shape index (κ3) is 2.06. The Morgan fingerprint density at radius 3 is 2.35 bits per heavy atom. The Balaban J connectivity index is 2.19. The van der Waals surface area contributed by atoms with E-state index in [9.17, 15) is 5.21 Å². The molecule has 3 rings (SSSR count). The van der Waals surface area contributed by atoms with Crippen LogP contribution in [0.2, 0.25) is 5.02 Å². The average molecular weight is 285 g/mol. The molecule has 4 heteroatoms. The van der Waals surface area contributed by atoms with Gasteiger partial charge in [0.25, 0.3) is 0 Å². The van der Waals surface area contributed by atoms with Gasteiger partial charge in [0.15, 0.2) is 5.82 Å². The van der Waals surface area contributed by atoms with E-state index >= 15 is 0 Å². The van der Waals surface area contributed by atoms with Crippen LogP contribution in [0.25, 0.3) is 22.6 Å². The molecule has 100 valence electrons. The molecule has 0 saturated heterocycles. The summed E-state index contributed by atoms with van der Waals surface area (Å²) in [5, 5.41) is 10.8. The van der Waals surface area contributed by atoms with Crippen LogP contribution in [0.1, 0.15) is 5.69 Å². The highest BCUT2D eigenvalue weighted by atomic mass is 35.5. The number of hydrogen-bond donors (Lipinski definition) is 1. The molecule has 0 fully saturated rings. The predicted octanol–water partition coefficient (Wildman–Crippen LogP) is 4.42. The molecule has 0 aliphatic carbocycles. The minimum atomic E-state index is 0.451. The zero-order chi connectivity index (χ0) is 14.1. The fourth-order valence-corrected chi connectivity index (χ4v) is 2.40. The second-order valence-corrected chi connectivity index (χ2v) is 4.93. The molecule has 20 heavy (non-hydrogen) atoms. The highest BCUT2D eigenvalue weighted by molar-refractivity contribution is 6.33. The SMILES string of the molecule is Cc1c(-c2ccccc2)nc(-c2ccccc2Cl)n1O. The smallest absolute Gasteiger partial charge is 0.177 e. The van der Waals surface area contributed by atoms with Crippen molar-refractivity contribution in [2.45, 2.75) is 6.92 Å². The molecule has 1 heterocycles. The van der Waals surface area contributed by atoms with Gasteiger partial charge in [-0.1, -0.05) is 54.1 Å². The Hall–Kier alpha value is -2.26. The second-order valence-electron chi connectivity index (χ2n) is 4.53. The van der Waals surface area contributed by atoms with Crippen LogP contribution in [-0.2, 0) is 0 Å². The van der Waals surface area contributed by atoms with Crippen molar-refractivity contribution in [3.8, 4) is 22.6 Å². The molecule has 2 aromatic carbocycles. The Morgan fingerprint density at radius 1 is 1.00 bits per heavy atom. The number of hydrogen-bond acceptors (Lipinski definition) is 2. The number of halogens is 1. The Labute approximate surface area is 122 Å². The van der Waals surface area contributed by atoms with Gasteiger partial charge in [-0.2, -0.15) is 4.73 Å². The Kier molecular flexibility index (Phi) is 3.20. The van der Waals surface area contributed by atoms with Crippen LogP contribution in [-0.4, -0.2) is 14.9 Å². The molecule has 0 unspecified atom stereocenters. The first-order valence-corrected chi connectivity index (χ1v) is 6.65. The summed E-state index contributed by atoms with van der Waals surface area (Å²) in [6.07, 6.45) is 0. The summed E-state index contributed by atoms with van der Waals surface area (Å²) in [6.45, 7) is 1.83. The largest absolute Gasteiger partial charge is 0.427 e. The van der Waals surface area contributed by atoms with Crippen molar-refractivity contribution in [1.82, 2.24) is 9.71 Å². The third-order valence-corrected chi connectivity index (χ3v) is 3.57. The third-order valence-electron chi connectivity index (χ3n) is 3.24. The van der Waals surface area contributed by atoms with Crippen molar-refractivity contribution in [2.24, 2.45) is 0 Å².